The summed E-state index contributed by atoms with van der Waals surface area (Å²) in [6, 6.07) is 8.93. The zero-order chi connectivity index (χ0) is 18.4. The van der Waals surface area contributed by atoms with Crippen molar-refractivity contribution in [2.45, 2.75) is 6.54 Å². The molecule has 2 aromatic carbocycles. The Morgan fingerprint density at radius 2 is 2.00 bits per heavy atom. The van der Waals surface area contributed by atoms with Crippen molar-refractivity contribution in [1.82, 2.24) is 5.32 Å². The van der Waals surface area contributed by atoms with Gasteiger partial charge in [0.05, 0.1) is 12.7 Å². The normalized spacial score (nSPS) is 10.2. The number of nitrogens with one attached hydrogen (secondary N) is 1. The van der Waals surface area contributed by atoms with E-state index in [1.807, 2.05) is 0 Å². The molecular weight excluding hydrogens is 397 g/mol. The van der Waals surface area contributed by atoms with Crippen molar-refractivity contribution in [1.29, 1.82) is 0 Å². The Labute approximate surface area is 151 Å². The molecule has 0 unspecified atom stereocenters. The highest BCUT2D eigenvalue weighted by molar-refractivity contribution is 9.10. The second-order valence-corrected chi connectivity index (χ2v) is 5.88. The van der Waals surface area contributed by atoms with Crippen LogP contribution < -0.4 is 14.8 Å². The van der Waals surface area contributed by atoms with E-state index < -0.39 is 24.3 Å². The SMILES string of the molecule is COc1ccc(C(=O)NCc2ccc(Br)cc2F)c(OCC(=O)O)c1. The summed E-state index contributed by atoms with van der Waals surface area (Å²) in [5, 5.41) is 11.3. The maximum atomic E-state index is 13.8. The Morgan fingerprint density at radius 3 is 2.64 bits per heavy atom. The lowest BCUT2D eigenvalue weighted by Gasteiger charge is -2.12. The first-order valence-corrected chi connectivity index (χ1v) is 7.94. The van der Waals surface area contributed by atoms with Crippen LogP contribution in [0.1, 0.15) is 15.9 Å². The lowest BCUT2D eigenvalue weighted by Crippen LogP contribution is -2.24. The minimum atomic E-state index is -1.17. The maximum absolute atomic E-state index is 13.8. The molecular formula is C17H15BrFNO5. The van der Waals surface area contributed by atoms with Crippen LogP contribution in [0, 0.1) is 5.82 Å². The minimum absolute atomic E-state index is 0.0254. The summed E-state index contributed by atoms with van der Waals surface area (Å²) in [6.07, 6.45) is 0. The van der Waals surface area contributed by atoms with Crippen LogP contribution in [0.15, 0.2) is 40.9 Å². The van der Waals surface area contributed by atoms with Crippen LogP contribution in [-0.2, 0) is 11.3 Å². The molecule has 0 spiro atoms. The molecule has 0 aliphatic heterocycles. The minimum Gasteiger partial charge on any atom is -0.497 e. The molecule has 25 heavy (non-hydrogen) atoms. The summed E-state index contributed by atoms with van der Waals surface area (Å²) in [4.78, 5) is 23.0. The fourth-order valence-electron chi connectivity index (χ4n) is 2.01. The quantitative estimate of drug-likeness (QED) is 0.731. The molecule has 0 bridgehead atoms. The molecule has 0 saturated carbocycles. The molecule has 0 fully saturated rings. The second-order valence-electron chi connectivity index (χ2n) is 4.96. The van der Waals surface area contributed by atoms with E-state index >= 15 is 0 Å². The zero-order valence-corrected chi connectivity index (χ0v) is 14.8. The van der Waals surface area contributed by atoms with Crippen molar-refractivity contribution in [3.05, 3.63) is 57.8 Å². The number of halogens is 2. The third kappa shape index (κ3) is 5.18. The second kappa shape index (κ2) is 8.48. The Balaban J connectivity index is 2.15. The molecule has 0 heterocycles. The van der Waals surface area contributed by atoms with Gasteiger partial charge in [-0.1, -0.05) is 22.0 Å². The Hall–Kier alpha value is -2.61. The van der Waals surface area contributed by atoms with Gasteiger partial charge >= 0.3 is 5.97 Å². The average molecular weight is 412 g/mol. The molecule has 0 aliphatic carbocycles. The predicted molar refractivity (Wildman–Crippen MR) is 91.4 cm³/mol. The number of carbonyl (C=O) groups excluding carboxylic acids is 1. The number of hydrogen-bond donors (Lipinski definition) is 2. The molecule has 1 amide bonds. The van der Waals surface area contributed by atoms with Crippen molar-refractivity contribution in [3.63, 3.8) is 0 Å². The number of carboxylic acid groups (broad SMARTS) is 1. The monoisotopic (exact) mass is 411 g/mol. The topological polar surface area (TPSA) is 84.9 Å². The van der Waals surface area contributed by atoms with Gasteiger partial charge in [-0.15, -0.1) is 0 Å². The Morgan fingerprint density at radius 1 is 1.24 bits per heavy atom. The van der Waals surface area contributed by atoms with Crippen LogP contribution in [0.4, 0.5) is 4.39 Å². The first-order valence-electron chi connectivity index (χ1n) is 7.15. The smallest absolute Gasteiger partial charge is 0.341 e. The van der Waals surface area contributed by atoms with Gasteiger partial charge in [-0.2, -0.15) is 0 Å². The third-order valence-electron chi connectivity index (χ3n) is 3.24. The number of benzene rings is 2. The summed E-state index contributed by atoms with van der Waals surface area (Å²) in [7, 11) is 1.44. The van der Waals surface area contributed by atoms with Gasteiger partial charge < -0.3 is 19.9 Å². The lowest BCUT2D eigenvalue weighted by atomic mass is 10.1. The van der Waals surface area contributed by atoms with Crippen LogP contribution in [0.3, 0.4) is 0 Å². The largest absolute Gasteiger partial charge is 0.497 e. The maximum Gasteiger partial charge on any atom is 0.341 e. The van der Waals surface area contributed by atoms with Gasteiger partial charge in [0.2, 0.25) is 0 Å². The highest BCUT2D eigenvalue weighted by Crippen LogP contribution is 2.25. The number of carboxylic acids is 1. The van der Waals surface area contributed by atoms with Gasteiger partial charge in [0, 0.05) is 22.6 Å². The van der Waals surface area contributed by atoms with E-state index in [1.165, 1.54) is 25.3 Å². The van der Waals surface area contributed by atoms with Gasteiger partial charge in [-0.05, 0) is 24.3 Å². The molecule has 8 heteroatoms. The van der Waals surface area contributed by atoms with E-state index in [0.717, 1.165) is 0 Å². The van der Waals surface area contributed by atoms with Crippen LogP contribution in [0.25, 0.3) is 0 Å². The number of amides is 1. The van der Waals surface area contributed by atoms with E-state index in [0.29, 0.717) is 15.8 Å². The van der Waals surface area contributed by atoms with Crippen molar-refractivity contribution in [3.8, 4) is 11.5 Å². The third-order valence-corrected chi connectivity index (χ3v) is 3.73. The molecule has 0 saturated heterocycles. The van der Waals surface area contributed by atoms with E-state index in [2.05, 4.69) is 21.2 Å². The number of ether oxygens (including phenoxy) is 2. The van der Waals surface area contributed by atoms with Crippen molar-refractivity contribution in [2.75, 3.05) is 13.7 Å². The fraction of sp³-hybridized carbons (Fsp3) is 0.176. The van der Waals surface area contributed by atoms with Gasteiger partial charge in [0.1, 0.15) is 17.3 Å². The predicted octanol–water partition coefficient (Wildman–Crippen LogP) is 2.99. The van der Waals surface area contributed by atoms with Crippen molar-refractivity contribution in [2.24, 2.45) is 0 Å². The lowest BCUT2D eigenvalue weighted by molar-refractivity contribution is -0.139. The van der Waals surface area contributed by atoms with Gasteiger partial charge in [0.25, 0.3) is 5.91 Å². The Kier molecular flexibility index (Phi) is 6.35. The van der Waals surface area contributed by atoms with Crippen LogP contribution in [-0.4, -0.2) is 30.7 Å². The van der Waals surface area contributed by atoms with E-state index in [4.69, 9.17) is 14.6 Å². The van der Waals surface area contributed by atoms with Crippen molar-refractivity contribution < 1.29 is 28.6 Å². The molecule has 2 N–H and O–H groups in total. The van der Waals surface area contributed by atoms with Crippen LogP contribution >= 0.6 is 15.9 Å². The number of methoxy groups -OCH3 is 1. The summed E-state index contributed by atoms with van der Waals surface area (Å²) < 4.78 is 24.6. The first kappa shape index (κ1) is 18.7. The molecule has 0 atom stereocenters. The molecule has 6 nitrogen and oxygen atoms in total. The summed E-state index contributed by atoms with van der Waals surface area (Å²) in [5.41, 5.74) is 0.442. The highest BCUT2D eigenvalue weighted by Gasteiger charge is 2.15. The molecule has 2 aromatic rings. The fourth-order valence-corrected chi connectivity index (χ4v) is 2.35. The summed E-state index contributed by atoms with van der Waals surface area (Å²) >= 11 is 3.16. The van der Waals surface area contributed by atoms with Gasteiger partial charge in [-0.3, -0.25) is 4.79 Å². The van der Waals surface area contributed by atoms with Gasteiger partial charge in [-0.25, -0.2) is 9.18 Å². The Bertz CT molecular complexity index is 797. The molecule has 0 radical (unpaired) electrons. The molecule has 132 valence electrons. The van der Waals surface area contributed by atoms with E-state index in [9.17, 15) is 14.0 Å². The standard InChI is InChI=1S/C17H15BrFNO5/c1-24-12-4-5-13(15(7-12)25-9-16(21)22)17(23)20-8-10-2-3-11(18)6-14(10)19/h2-7H,8-9H2,1H3,(H,20,23)(H,21,22). The van der Waals surface area contributed by atoms with Gasteiger partial charge in [0.15, 0.2) is 6.61 Å². The average Bonchev–Trinajstić information content (AvgIpc) is 2.58. The van der Waals surface area contributed by atoms with Crippen LogP contribution in [0.2, 0.25) is 0 Å². The molecule has 0 aromatic heterocycles. The highest BCUT2D eigenvalue weighted by atomic mass is 79.9. The molecule has 0 aliphatic rings. The van der Waals surface area contributed by atoms with E-state index in [1.54, 1.807) is 18.2 Å². The zero-order valence-electron chi connectivity index (χ0n) is 13.2. The molecule has 2 rings (SSSR count). The van der Waals surface area contributed by atoms with Crippen LogP contribution in [0.5, 0.6) is 11.5 Å². The van der Waals surface area contributed by atoms with E-state index in [-0.39, 0.29) is 17.9 Å². The number of hydrogen-bond acceptors (Lipinski definition) is 4. The first-order chi connectivity index (χ1) is 11.9. The summed E-state index contributed by atoms with van der Waals surface area (Å²) in [5.74, 6) is -1.67. The van der Waals surface area contributed by atoms with Crippen molar-refractivity contribution >= 4 is 27.8 Å². The number of aliphatic carboxylic acids is 1. The summed E-state index contributed by atoms with van der Waals surface area (Å²) in [6.45, 7) is -0.628. The number of carbonyl (C=O) groups is 2. The number of rotatable bonds is 7.